The molecule has 0 amide bonds. The van der Waals surface area contributed by atoms with Crippen LogP contribution in [0.5, 0.6) is 5.75 Å². The maximum Gasteiger partial charge on any atom is 0.305 e. The van der Waals surface area contributed by atoms with E-state index in [0.717, 1.165) is 22.2 Å². The highest BCUT2D eigenvalue weighted by atomic mass is 16.5. The molecule has 0 saturated heterocycles. The summed E-state index contributed by atoms with van der Waals surface area (Å²) >= 11 is 0. The maximum atomic E-state index is 10.9. The van der Waals surface area contributed by atoms with E-state index in [4.69, 9.17) is 9.84 Å². The van der Waals surface area contributed by atoms with Crippen LogP contribution in [0.1, 0.15) is 6.42 Å². The number of carbonyl (C=O) groups is 1. The quantitative estimate of drug-likeness (QED) is 0.898. The van der Waals surface area contributed by atoms with E-state index >= 15 is 0 Å². The molecule has 1 atom stereocenters. The molecule has 0 radical (unpaired) electrons. The van der Waals surface area contributed by atoms with Gasteiger partial charge in [-0.2, -0.15) is 0 Å². The number of ether oxygens (including phenoxy) is 1. The van der Waals surface area contributed by atoms with Gasteiger partial charge in [-0.1, -0.05) is 30.3 Å². The second kappa shape index (κ2) is 4.46. The number of benzene rings is 2. The van der Waals surface area contributed by atoms with Crippen molar-refractivity contribution in [3.05, 3.63) is 36.4 Å². The summed E-state index contributed by atoms with van der Waals surface area (Å²) in [6, 6.07) is 12.0. The molecular weight excluding hydrogens is 242 g/mol. The van der Waals surface area contributed by atoms with Crippen molar-refractivity contribution < 1.29 is 14.6 Å². The molecule has 0 bridgehead atoms. The van der Waals surface area contributed by atoms with Gasteiger partial charge in [0, 0.05) is 12.4 Å². The first kappa shape index (κ1) is 11.8. The zero-order valence-electron chi connectivity index (χ0n) is 10.7. The maximum absolute atomic E-state index is 10.9. The lowest BCUT2D eigenvalue weighted by Crippen LogP contribution is -2.41. The Morgan fingerprint density at radius 3 is 2.95 bits per heavy atom. The van der Waals surface area contributed by atoms with Crippen molar-refractivity contribution in [3.63, 3.8) is 0 Å². The van der Waals surface area contributed by atoms with Gasteiger partial charge in [0.05, 0.1) is 18.2 Å². The number of anilines is 1. The molecule has 1 N–H and O–H groups in total. The first-order valence-corrected chi connectivity index (χ1v) is 6.26. The zero-order valence-corrected chi connectivity index (χ0v) is 10.7. The second-order valence-corrected chi connectivity index (χ2v) is 4.81. The van der Waals surface area contributed by atoms with Crippen LogP contribution in [-0.2, 0) is 4.79 Å². The van der Waals surface area contributed by atoms with Crippen molar-refractivity contribution >= 4 is 22.4 Å². The minimum absolute atomic E-state index is 0.0861. The Bertz CT molecular complexity index is 638. The molecular formula is C15H15NO3. The van der Waals surface area contributed by atoms with Gasteiger partial charge in [0.25, 0.3) is 0 Å². The van der Waals surface area contributed by atoms with Crippen molar-refractivity contribution in [2.45, 2.75) is 12.5 Å². The molecule has 1 heterocycles. The number of aliphatic carboxylic acids is 1. The normalized spacial score (nSPS) is 17.9. The lowest BCUT2D eigenvalue weighted by Gasteiger charge is -2.35. The molecule has 2 aromatic rings. The van der Waals surface area contributed by atoms with Crippen LogP contribution in [0.2, 0.25) is 0 Å². The summed E-state index contributed by atoms with van der Waals surface area (Å²) in [5, 5.41) is 11.1. The molecule has 0 spiro atoms. The fourth-order valence-electron chi connectivity index (χ4n) is 2.55. The summed E-state index contributed by atoms with van der Waals surface area (Å²) in [5.74, 6) is 0.0481. The molecule has 3 rings (SSSR count). The van der Waals surface area contributed by atoms with Crippen LogP contribution < -0.4 is 9.64 Å². The molecule has 19 heavy (non-hydrogen) atoms. The van der Waals surface area contributed by atoms with Gasteiger partial charge in [-0.25, -0.2) is 0 Å². The van der Waals surface area contributed by atoms with E-state index in [2.05, 4.69) is 0 Å². The fraction of sp³-hybridized carbons (Fsp3) is 0.267. The van der Waals surface area contributed by atoms with Gasteiger partial charge in [-0.15, -0.1) is 0 Å². The monoisotopic (exact) mass is 257 g/mol. The summed E-state index contributed by atoms with van der Waals surface area (Å²) < 4.78 is 5.82. The average molecular weight is 257 g/mol. The van der Waals surface area contributed by atoms with Crippen LogP contribution in [0.3, 0.4) is 0 Å². The summed E-state index contributed by atoms with van der Waals surface area (Å²) in [7, 11) is 1.92. The topological polar surface area (TPSA) is 49.8 Å². The average Bonchev–Trinajstić information content (AvgIpc) is 2.41. The molecule has 98 valence electrons. The fourth-order valence-corrected chi connectivity index (χ4v) is 2.55. The van der Waals surface area contributed by atoms with Gasteiger partial charge in [-0.05, 0) is 11.5 Å². The Morgan fingerprint density at radius 2 is 2.16 bits per heavy atom. The largest absolute Gasteiger partial charge is 0.489 e. The smallest absolute Gasteiger partial charge is 0.305 e. The highest BCUT2D eigenvalue weighted by Gasteiger charge is 2.27. The molecule has 4 heteroatoms. The van der Waals surface area contributed by atoms with Crippen molar-refractivity contribution in [1.29, 1.82) is 0 Å². The number of carboxylic acid groups (broad SMARTS) is 1. The zero-order chi connectivity index (χ0) is 13.4. The first-order chi connectivity index (χ1) is 9.16. The minimum Gasteiger partial charge on any atom is -0.489 e. The van der Waals surface area contributed by atoms with Gasteiger partial charge in [0.2, 0.25) is 0 Å². The molecule has 1 aliphatic heterocycles. The molecule has 1 unspecified atom stereocenters. The van der Waals surface area contributed by atoms with E-state index in [1.54, 1.807) is 0 Å². The highest BCUT2D eigenvalue weighted by molar-refractivity contribution is 5.94. The van der Waals surface area contributed by atoms with Crippen LogP contribution in [0.4, 0.5) is 5.69 Å². The summed E-state index contributed by atoms with van der Waals surface area (Å²) in [4.78, 5) is 12.9. The summed E-state index contributed by atoms with van der Waals surface area (Å²) in [5.41, 5.74) is 0.955. The van der Waals surface area contributed by atoms with E-state index in [1.165, 1.54) is 0 Å². The first-order valence-electron chi connectivity index (χ1n) is 6.26. The standard InChI is InChI=1S/C15H15NO3/c1-16-11(8-14(17)18)9-19-15-12-5-3-2-4-10(12)6-7-13(15)16/h2-7,11H,8-9H2,1H3,(H,17,18). The van der Waals surface area contributed by atoms with E-state index in [9.17, 15) is 4.79 Å². The molecule has 0 fully saturated rings. The number of nitrogens with zero attached hydrogens (tertiary/aromatic N) is 1. The Balaban J connectivity index is 2.05. The SMILES string of the molecule is CN1c2ccc3ccccc3c2OCC1CC(=O)O. The molecule has 2 aromatic carbocycles. The van der Waals surface area contributed by atoms with Crippen LogP contribution in [-0.4, -0.2) is 30.8 Å². The van der Waals surface area contributed by atoms with Crippen molar-refractivity contribution in [3.8, 4) is 5.75 Å². The Morgan fingerprint density at radius 1 is 1.37 bits per heavy atom. The van der Waals surface area contributed by atoms with Gasteiger partial charge < -0.3 is 14.7 Å². The van der Waals surface area contributed by atoms with E-state index in [-0.39, 0.29) is 12.5 Å². The third kappa shape index (κ3) is 1.99. The molecule has 0 aliphatic carbocycles. The highest BCUT2D eigenvalue weighted by Crippen LogP contribution is 2.39. The van der Waals surface area contributed by atoms with Gasteiger partial charge in [-0.3, -0.25) is 4.79 Å². The van der Waals surface area contributed by atoms with Crippen LogP contribution in [0.15, 0.2) is 36.4 Å². The lowest BCUT2D eigenvalue weighted by molar-refractivity contribution is -0.137. The number of hydrogen-bond acceptors (Lipinski definition) is 3. The molecule has 4 nitrogen and oxygen atoms in total. The lowest BCUT2D eigenvalue weighted by atomic mass is 10.0. The van der Waals surface area contributed by atoms with Crippen molar-refractivity contribution in [2.75, 3.05) is 18.6 Å². The third-order valence-electron chi connectivity index (χ3n) is 3.62. The van der Waals surface area contributed by atoms with E-state index in [1.807, 2.05) is 48.3 Å². The number of rotatable bonds is 2. The van der Waals surface area contributed by atoms with Gasteiger partial charge >= 0.3 is 5.97 Å². The van der Waals surface area contributed by atoms with E-state index < -0.39 is 5.97 Å². The van der Waals surface area contributed by atoms with Crippen LogP contribution in [0.25, 0.3) is 10.8 Å². The predicted molar refractivity (Wildman–Crippen MR) is 73.9 cm³/mol. The summed E-state index contributed by atoms with van der Waals surface area (Å²) in [6.45, 7) is 0.407. The summed E-state index contributed by atoms with van der Waals surface area (Å²) in [6.07, 6.45) is 0.0861. The number of carboxylic acids is 1. The minimum atomic E-state index is -0.801. The molecule has 0 saturated carbocycles. The van der Waals surface area contributed by atoms with E-state index in [0.29, 0.717) is 6.61 Å². The number of fused-ring (bicyclic) bond motifs is 3. The Hall–Kier alpha value is -2.23. The van der Waals surface area contributed by atoms with Crippen molar-refractivity contribution in [1.82, 2.24) is 0 Å². The Labute approximate surface area is 111 Å². The van der Waals surface area contributed by atoms with Crippen molar-refractivity contribution in [2.24, 2.45) is 0 Å². The van der Waals surface area contributed by atoms with Gasteiger partial charge in [0.15, 0.2) is 5.75 Å². The number of hydrogen-bond donors (Lipinski definition) is 1. The third-order valence-corrected chi connectivity index (χ3v) is 3.62. The van der Waals surface area contributed by atoms with Crippen LogP contribution in [0, 0.1) is 0 Å². The Kier molecular flexibility index (Phi) is 2.78. The second-order valence-electron chi connectivity index (χ2n) is 4.81. The number of likely N-dealkylation sites (N-methyl/N-ethyl adjacent to an activating group) is 1. The van der Waals surface area contributed by atoms with Gasteiger partial charge in [0.1, 0.15) is 6.61 Å². The predicted octanol–water partition coefficient (Wildman–Crippen LogP) is 2.51. The van der Waals surface area contributed by atoms with Crippen LogP contribution >= 0.6 is 0 Å². The molecule has 1 aliphatic rings. The molecule has 0 aromatic heterocycles.